The second kappa shape index (κ2) is 12.3. The second-order valence-electron chi connectivity index (χ2n) is 5.63. The van der Waals surface area contributed by atoms with E-state index in [2.05, 4.69) is 20.5 Å². The lowest BCUT2D eigenvalue weighted by molar-refractivity contribution is 0.232. The van der Waals surface area contributed by atoms with E-state index in [1.807, 2.05) is 0 Å². The lowest BCUT2D eigenvalue weighted by Crippen LogP contribution is -2.43. The first-order valence-corrected chi connectivity index (χ1v) is 8.33. The highest BCUT2D eigenvalue weighted by Crippen LogP contribution is 2.11. The summed E-state index contributed by atoms with van der Waals surface area (Å²) in [5.41, 5.74) is 0. The molecule has 1 saturated heterocycles. The Balaban J connectivity index is 0.00000288. The van der Waals surface area contributed by atoms with Gasteiger partial charge in [-0.15, -0.1) is 24.0 Å². The molecule has 1 aromatic rings. The van der Waals surface area contributed by atoms with Crippen LogP contribution in [0.4, 0.5) is 4.39 Å². The molecule has 2 N–H and O–H groups in total. The van der Waals surface area contributed by atoms with Crippen LogP contribution in [0, 0.1) is 5.82 Å². The molecule has 7 heteroatoms. The molecule has 0 aromatic heterocycles. The van der Waals surface area contributed by atoms with Crippen molar-refractivity contribution in [3.63, 3.8) is 0 Å². The topological polar surface area (TPSA) is 48.9 Å². The fourth-order valence-corrected chi connectivity index (χ4v) is 2.63. The summed E-state index contributed by atoms with van der Waals surface area (Å²) in [5.74, 6) is 1.02. The number of guanidine groups is 1. The maximum Gasteiger partial charge on any atom is 0.191 e. The maximum absolute atomic E-state index is 13.0. The molecule has 0 unspecified atom stereocenters. The quantitative estimate of drug-likeness (QED) is 0.290. The molecule has 0 aliphatic carbocycles. The molecule has 0 amide bonds. The van der Waals surface area contributed by atoms with Crippen molar-refractivity contribution >= 4 is 29.9 Å². The molecule has 1 aliphatic heterocycles. The zero-order valence-electron chi connectivity index (χ0n) is 14.3. The molecule has 5 nitrogen and oxygen atoms in total. The molecule has 2 rings (SSSR count). The highest BCUT2D eigenvalue weighted by molar-refractivity contribution is 14.0. The maximum atomic E-state index is 13.0. The molecule has 1 fully saturated rings. The smallest absolute Gasteiger partial charge is 0.191 e. The van der Waals surface area contributed by atoms with Gasteiger partial charge >= 0.3 is 0 Å². The van der Waals surface area contributed by atoms with Crippen molar-refractivity contribution in [2.24, 2.45) is 4.99 Å². The molecule has 1 heterocycles. The third-order valence-electron chi connectivity index (χ3n) is 3.85. The summed E-state index contributed by atoms with van der Waals surface area (Å²) in [6.45, 7) is 5.39. The number of halogens is 2. The van der Waals surface area contributed by atoms with Gasteiger partial charge in [-0.3, -0.25) is 4.99 Å². The summed E-state index contributed by atoms with van der Waals surface area (Å²) >= 11 is 0. The molecule has 0 spiro atoms. The average Bonchev–Trinajstić information content (AvgIpc) is 2.58. The number of benzene rings is 1. The summed E-state index contributed by atoms with van der Waals surface area (Å²) in [5, 5.41) is 6.50. The van der Waals surface area contributed by atoms with Crippen LogP contribution in [0.3, 0.4) is 0 Å². The Kier molecular flexibility index (Phi) is 10.7. The van der Waals surface area contributed by atoms with Crippen molar-refractivity contribution in [2.45, 2.75) is 19.3 Å². The van der Waals surface area contributed by atoms with Gasteiger partial charge in [-0.25, -0.2) is 4.39 Å². The van der Waals surface area contributed by atoms with E-state index >= 15 is 0 Å². The average molecular weight is 450 g/mol. The van der Waals surface area contributed by atoms with Crippen LogP contribution in [-0.2, 0) is 0 Å². The minimum Gasteiger partial charge on any atom is -0.492 e. The van der Waals surface area contributed by atoms with Gasteiger partial charge in [0.1, 0.15) is 18.2 Å². The third kappa shape index (κ3) is 8.14. The molecule has 0 saturated carbocycles. The monoisotopic (exact) mass is 450 g/mol. The first-order valence-electron chi connectivity index (χ1n) is 8.33. The van der Waals surface area contributed by atoms with Crippen LogP contribution < -0.4 is 15.4 Å². The summed E-state index contributed by atoms with van der Waals surface area (Å²) < 4.78 is 18.5. The van der Waals surface area contributed by atoms with Crippen molar-refractivity contribution < 1.29 is 9.13 Å². The SMILES string of the molecule is CN=C(NCCOc1cccc(F)c1)NCCN1CCCCC1.I. The van der Waals surface area contributed by atoms with Crippen LogP contribution in [0.5, 0.6) is 5.75 Å². The van der Waals surface area contributed by atoms with E-state index in [-0.39, 0.29) is 29.8 Å². The molecule has 24 heavy (non-hydrogen) atoms. The van der Waals surface area contributed by atoms with Crippen LogP contribution in [0.25, 0.3) is 0 Å². The van der Waals surface area contributed by atoms with Crippen LogP contribution in [0.15, 0.2) is 29.3 Å². The number of piperidine rings is 1. The van der Waals surface area contributed by atoms with Gasteiger partial charge in [-0.2, -0.15) is 0 Å². The molecular formula is C17H28FIN4O. The number of rotatable bonds is 7. The summed E-state index contributed by atoms with van der Waals surface area (Å²) in [6.07, 6.45) is 3.98. The van der Waals surface area contributed by atoms with Crippen LogP contribution in [-0.4, -0.2) is 57.2 Å². The summed E-state index contributed by atoms with van der Waals surface area (Å²) in [4.78, 5) is 6.67. The largest absolute Gasteiger partial charge is 0.492 e. The highest BCUT2D eigenvalue weighted by atomic mass is 127. The number of ether oxygens (including phenoxy) is 1. The minimum absolute atomic E-state index is 0. The summed E-state index contributed by atoms with van der Waals surface area (Å²) in [6, 6.07) is 6.17. The van der Waals surface area contributed by atoms with Gasteiger partial charge in [0.2, 0.25) is 0 Å². The van der Waals surface area contributed by atoms with Crippen LogP contribution >= 0.6 is 24.0 Å². The normalized spacial score (nSPS) is 15.5. The molecule has 1 aliphatic rings. The number of aliphatic imine (C=N–C) groups is 1. The van der Waals surface area contributed by atoms with E-state index in [1.165, 1.54) is 44.5 Å². The molecule has 0 radical (unpaired) electrons. The fraction of sp³-hybridized carbons (Fsp3) is 0.588. The molecular weight excluding hydrogens is 422 g/mol. The van der Waals surface area contributed by atoms with E-state index < -0.39 is 0 Å². The Morgan fingerprint density at radius 1 is 1.21 bits per heavy atom. The lowest BCUT2D eigenvalue weighted by atomic mass is 10.1. The number of nitrogens with one attached hydrogen (secondary N) is 2. The first-order chi connectivity index (χ1) is 11.3. The molecule has 0 bridgehead atoms. The third-order valence-corrected chi connectivity index (χ3v) is 3.85. The highest BCUT2D eigenvalue weighted by Gasteiger charge is 2.09. The van der Waals surface area contributed by atoms with Crippen LogP contribution in [0.2, 0.25) is 0 Å². The van der Waals surface area contributed by atoms with E-state index in [0.717, 1.165) is 19.0 Å². The Morgan fingerprint density at radius 2 is 1.96 bits per heavy atom. The predicted molar refractivity (Wildman–Crippen MR) is 107 cm³/mol. The van der Waals surface area contributed by atoms with Crippen molar-refractivity contribution in [3.05, 3.63) is 30.1 Å². The Morgan fingerprint density at radius 3 is 2.67 bits per heavy atom. The Labute approximate surface area is 161 Å². The van der Waals surface area contributed by atoms with E-state index in [1.54, 1.807) is 19.2 Å². The van der Waals surface area contributed by atoms with Gasteiger partial charge in [0.05, 0.1) is 6.54 Å². The lowest BCUT2D eigenvalue weighted by Gasteiger charge is -2.26. The van der Waals surface area contributed by atoms with E-state index in [9.17, 15) is 4.39 Å². The summed E-state index contributed by atoms with van der Waals surface area (Å²) in [7, 11) is 1.75. The van der Waals surface area contributed by atoms with Crippen molar-refractivity contribution in [1.29, 1.82) is 0 Å². The number of nitrogens with zero attached hydrogens (tertiary/aromatic N) is 2. The fourth-order valence-electron chi connectivity index (χ4n) is 2.63. The second-order valence-corrected chi connectivity index (χ2v) is 5.63. The van der Waals surface area contributed by atoms with E-state index in [0.29, 0.717) is 18.9 Å². The van der Waals surface area contributed by atoms with E-state index in [4.69, 9.17) is 4.74 Å². The molecule has 136 valence electrons. The Bertz CT molecular complexity index is 495. The van der Waals surface area contributed by atoms with Gasteiger partial charge in [-0.1, -0.05) is 12.5 Å². The van der Waals surface area contributed by atoms with Crippen molar-refractivity contribution in [2.75, 3.05) is 46.4 Å². The number of likely N-dealkylation sites (tertiary alicyclic amines) is 1. The van der Waals surface area contributed by atoms with Gasteiger partial charge in [0, 0.05) is 26.2 Å². The standard InChI is InChI=1S/C17H27FN4O.HI/c1-19-17(20-8-12-22-10-3-2-4-11-22)21-9-13-23-16-7-5-6-15(18)14-16;/h5-7,14H,2-4,8-13H2,1H3,(H2,19,20,21);1H. The zero-order chi connectivity index (χ0) is 16.3. The number of hydrogen-bond acceptors (Lipinski definition) is 3. The van der Waals surface area contributed by atoms with Gasteiger partial charge in [-0.05, 0) is 38.1 Å². The number of hydrogen-bond donors (Lipinski definition) is 2. The molecule has 1 aromatic carbocycles. The van der Waals surface area contributed by atoms with Crippen LogP contribution in [0.1, 0.15) is 19.3 Å². The Hall–Kier alpha value is -1.09. The molecule has 0 atom stereocenters. The first kappa shape index (κ1) is 21.0. The predicted octanol–water partition coefficient (Wildman–Crippen LogP) is 2.47. The van der Waals surface area contributed by atoms with Gasteiger partial charge in [0.15, 0.2) is 5.96 Å². The zero-order valence-corrected chi connectivity index (χ0v) is 16.6. The van der Waals surface area contributed by atoms with Gasteiger partial charge < -0.3 is 20.3 Å². The van der Waals surface area contributed by atoms with Gasteiger partial charge in [0.25, 0.3) is 0 Å². The minimum atomic E-state index is -0.286. The van der Waals surface area contributed by atoms with Crippen molar-refractivity contribution in [1.82, 2.24) is 15.5 Å². The van der Waals surface area contributed by atoms with Crippen molar-refractivity contribution in [3.8, 4) is 5.75 Å².